The highest BCUT2D eigenvalue weighted by molar-refractivity contribution is 5.69. The topological polar surface area (TPSA) is 220 Å². The van der Waals surface area contributed by atoms with Crippen LogP contribution in [0, 0.1) is 0 Å². The molecule has 216 valence electrons. The molecule has 0 radical (unpaired) electrons. The molecule has 2 saturated heterocycles. The smallest absolute Gasteiger partial charge is 0.303 e. The number of ether oxygens (including phenoxy) is 8. The lowest BCUT2D eigenvalue weighted by atomic mass is 9.96. The Bertz CT molecular complexity index is 875. The molecule has 0 aromatic carbocycles. The number of carbonyl (C=O) groups is 5. The SMILES string of the molecule is CC(=O)O[C@@H]1[C@@H](OC(C)=O)[C@@H](O[C@H]2[C@H](OC(C)=O)[C@@H](OC(C)=O)C(O)O[C@@H]2CO)O[C@H](CO)[C@H]1OC(C)=O. The zero-order valence-electron chi connectivity index (χ0n) is 21.3. The highest BCUT2D eigenvalue weighted by atomic mass is 16.8. The van der Waals surface area contributed by atoms with E-state index in [1.807, 2.05) is 0 Å². The number of carbonyl (C=O) groups excluding carboxylic acids is 5. The average Bonchev–Trinajstić information content (AvgIpc) is 2.79. The fraction of sp³-hybridized carbons (Fsp3) is 0.773. The van der Waals surface area contributed by atoms with Gasteiger partial charge in [0.05, 0.1) is 13.2 Å². The summed E-state index contributed by atoms with van der Waals surface area (Å²) in [7, 11) is 0. The minimum Gasteiger partial charge on any atom is -0.456 e. The molecule has 0 saturated carbocycles. The normalized spacial score (nSPS) is 34.9. The quantitative estimate of drug-likeness (QED) is 0.198. The molecule has 16 heteroatoms. The van der Waals surface area contributed by atoms with Gasteiger partial charge in [-0.1, -0.05) is 0 Å². The van der Waals surface area contributed by atoms with Crippen LogP contribution in [0.25, 0.3) is 0 Å². The maximum atomic E-state index is 12.0. The molecule has 38 heavy (non-hydrogen) atoms. The molecule has 0 amide bonds. The first kappa shape index (κ1) is 31.3. The predicted molar refractivity (Wildman–Crippen MR) is 116 cm³/mol. The van der Waals surface area contributed by atoms with Crippen molar-refractivity contribution in [3.05, 3.63) is 0 Å². The zero-order chi connectivity index (χ0) is 28.7. The van der Waals surface area contributed by atoms with Crippen LogP contribution in [0.4, 0.5) is 0 Å². The Morgan fingerprint density at radius 3 is 1.37 bits per heavy atom. The molecule has 2 rings (SSSR count). The highest BCUT2D eigenvalue weighted by Gasteiger charge is 2.56. The Kier molecular flexibility index (Phi) is 11.4. The molecule has 10 atom stereocenters. The monoisotopic (exact) mass is 552 g/mol. The van der Waals surface area contributed by atoms with E-state index in [1.54, 1.807) is 0 Å². The third-order valence-corrected chi connectivity index (χ3v) is 5.36. The van der Waals surface area contributed by atoms with Gasteiger partial charge in [-0.3, -0.25) is 24.0 Å². The molecule has 2 heterocycles. The molecule has 1 unspecified atom stereocenters. The second kappa shape index (κ2) is 13.8. The summed E-state index contributed by atoms with van der Waals surface area (Å²) in [6, 6.07) is 0. The number of hydrogen-bond acceptors (Lipinski definition) is 16. The minimum absolute atomic E-state index is 0.783. The van der Waals surface area contributed by atoms with Gasteiger partial charge in [0.2, 0.25) is 0 Å². The van der Waals surface area contributed by atoms with E-state index in [1.165, 1.54) is 0 Å². The van der Waals surface area contributed by atoms with E-state index < -0.39 is 104 Å². The summed E-state index contributed by atoms with van der Waals surface area (Å²) in [6.45, 7) is 3.58. The first-order valence-electron chi connectivity index (χ1n) is 11.5. The van der Waals surface area contributed by atoms with E-state index in [0.29, 0.717) is 0 Å². The molecule has 3 N–H and O–H groups in total. The minimum atomic E-state index is -1.84. The number of aliphatic hydroxyl groups excluding tert-OH is 3. The van der Waals surface area contributed by atoms with Crippen LogP contribution < -0.4 is 0 Å². The van der Waals surface area contributed by atoms with E-state index >= 15 is 0 Å². The Morgan fingerprint density at radius 2 is 0.921 bits per heavy atom. The standard InChI is InChI=1S/C22H32O16/c1-8(25)31-15-14(7-24)37-22(20(35-12(5)29)18(15)33-10(3)27)38-16-13(6-23)36-21(30)19(34-11(4)28)17(16)32-9(2)26/h13-24,30H,6-7H2,1-5H3/t13-,14-,15-,16-,17+,18+,19-,20-,21?,22-/m1/s1. The average molecular weight is 552 g/mol. The van der Waals surface area contributed by atoms with Crippen molar-refractivity contribution in [2.75, 3.05) is 13.2 Å². The molecule has 0 aromatic rings. The Balaban J connectivity index is 2.54. The van der Waals surface area contributed by atoms with Crippen LogP contribution in [0.2, 0.25) is 0 Å². The second-order valence-electron chi connectivity index (χ2n) is 8.44. The maximum Gasteiger partial charge on any atom is 0.303 e. The summed E-state index contributed by atoms with van der Waals surface area (Å²) in [6.07, 6.45) is -15.7. The van der Waals surface area contributed by atoms with Crippen LogP contribution in [0.15, 0.2) is 0 Å². The lowest BCUT2D eigenvalue weighted by Gasteiger charge is -2.48. The highest BCUT2D eigenvalue weighted by Crippen LogP contribution is 2.34. The largest absolute Gasteiger partial charge is 0.456 e. The maximum absolute atomic E-state index is 12.0. The molecular weight excluding hydrogens is 520 g/mol. The van der Waals surface area contributed by atoms with Gasteiger partial charge in [-0.05, 0) is 0 Å². The van der Waals surface area contributed by atoms with E-state index in [-0.39, 0.29) is 0 Å². The van der Waals surface area contributed by atoms with Crippen molar-refractivity contribution in [2.45, 2.75) is 96.0 Å². The van der Waals surface area contributed by atoms with Crippen molar-refractivity contribution in [3.8, 4) is 0 Å². The fourth-order valence-corrected chi connectivity index (χ4v) is 4.12. The Labute approximate surface area is 216 Å². The van der Waals surface area contributed by atoms with Crippen molar-refractivity contribution < 1.29 is 77.2 Å². The third kappa shape index (κ3) is 8.05. The molecule has 16 nitrogen and oxygen atoms in total. The van der Waals surface area contributed by atoms with Gasteiger partial charge in [0.25, 0.3) is 0 Å². The Hall–Kier alpha value is -2.89. The lowest BCUT2D eigenvalue weighted by molar-refractivity contribution is -0.357. The molecule has 2 aliphatic heterocycles. The number of hydrogen-bond donors (Lipinski definition) is 3. The van der Waals surface area contributed by atoms with Crippen molar-refractivity contribution in [1.29, 1.82) is 0 Å². The van der Waals surface area contributed by atoms with Crippen LogP contribution in [-0.2, 0) is 61.9 Å². The zero-order valence-corrected chi connectivity index (χ0v) is 21.3. The molecule has 2 fully saturated rings. The molecule has 2 aliphatic rings. The summed E-state index contributed by atoms with van der Waals surface area (Å²) in [5.41, 5.74) is 0. The summed E-state index contributed by atoms with van der Waals surface area (Å²) >= 11 is 0. The molecule has 0 aliphatic carbocycles. The van der Waals surface area contributed by atoms with Gasteiger partial charge in [-0.2, -0.15) is 0 Å². The van der Waals surface area contributed by atoms with Crippen molar-refractivity contribution in [3.63, 3.8) is 0 Å². The number of esters is 5. The van der Waals surface area contributed by atoms with E-state index in [0.717, 1.165) is 34.6 Å². The summed E-state index contributed by atoms with van der Waals surface area (Å²) < 4.78 is 42.9. The fourth-order valence-electron chi connectivity index (χ4n) is 4.12. The van der Waals surface area contributed by atoms with Crippen LogP contribution >= 0.6 is 0 Å². The molecular formula is C22H32O16. The summed E-state index contributed by atoms with van der Waals surface area (Å²) in [4.78, 5) is 59.1. The van der Waals surface area contributed by atoms with Crippen LogP contribution in [0.3, 0.4) is 0 Å². The number of aliphatic hydroxyl groups is 3. The predicted octanol–water partition coefficient (Wildman–Crippen LogP) is -2.54. The van der Waals surface area contributed by atoms with Gasteiger partial charge < -0.3 is 53.2 Å². The first-order chi connectivity index (χ1) is 17.8. The third-order valence-electron chi connectivity index (χ3n) is 5.36. The van der Waals surface area contributed by atoms with Crippen LogP contribution in [-0.4, -0.2) is 120 Å². The van der Waals surface area contributed by atoms with Crippen LogP contribution in [0.5, 0.6) is 0 Å². The van der Waals surface area contributed by atoms with Gasteiger partial charge in [-0.25, -0.2) is 0 Å². The van der Waals surface area contributed by atoms with E-state index in [4.69, 9.17) is 37.9 Å². The van der Waals surface area contributed by atoms with E-state index in [2.05, 4.69) is 0 Å². The van der Waals surface area contributed by atoms with Crippen molar-refractivity contribution >= 4 is 29.8 Å². The molecule has 0 aromatic heterocycles. The summed E-state index contributed by atoms with van der Waals surface area (Å²) in [5, 5.41) is 30.2. The first-order valence-corrected chi connectivity index (χ1v) is 11.5. The van der Waals surface area contributed by atoms with Gasteiger partial charge in [0.1, 0.15) is 18.3 Å². The van der Waals surface area contributed by atoms with Crippen molar-refractivity contribution in [1.82, 2.24) is 0 Å². The van der Waals surface area contributed by atoms with Gasteiger partial charge in [0, 0.05) is 34.6 Å². The van der Waals surface area contributed by atoms with Gasteiger partial charge in [-0.15, -0.1) is 0 Å². The van der Waals surface area contributed by atoms with Crippen molar-refractivity contribution in [2.24, 2.45) is 0 Å². The van der Waals surface area contributed by atoms with Gasteiger partial charge >= 0.3 is 29.8 Å². The summed E-state index contributed by atoms with van der Waals surface area (Å²) in [5.74, 6) is -4.34. The number of rotatable bonds is 9. The Morgan fingerprint density at radius 1 is 0.553 bits per heavy atom. The second-order valence-corrected chi connectivity index (χ2v) is 8.44. The van der Waals surface area contributed by atoms with Gasteiger partial charge in [0.15, 0.2) is 43.1 Å². The van der Waals surface area contributed by atoms with E-state index in [9.17, 15) is 39.3 Å². The molecule has 0 bridgehead atoms. The van der Waals surface area contributed by atoms with Crippen LogP contribution in [0.1, 0.15) is 34.6 Å². The lowest BCUT2D eigenvalue weighted by Crippen LogP contribution is -2.67. The molecule has 0 spiro atoms.